The van der Waals surface area contributed by atoms with Crippen molar-refractivity contribution in [3.8, 4) is 0 Å². The van der Waals surface area contributed by atoms with E-state index in [0.717, 1.165) is 22.9 Å². The zero-order valence-corrected chi connectivity index (χ0v) is 9.09. The number of amides is 1. The molecule has 0 fully saturated rings. The quantitative estimate of drug-likeness (QED) is 0.845. The van der Waals surface area contributed by atoms with Gasteiger partial charge in [-0.3, -0.25) is 4.79 Å². The number of hydrogen-bond donors (Lipinski definition) is 1. The van der Waals surface area contributed by atoms with E-state index in [0.29, 0.717) is 10.8 Å². The number of nitrogens with one attached hydrogen (secondary N) is 1. The second kappa shape index (κ2) is 3.82. The summed E-state index contributed by atoms with van der Waals surface area (Å²) >= 11 is 1.12. The van der Waals surface area contributed by atoms with Gasteiger partial charge in [0.15, 0.2) is 5.76 Å². The molecule has 0 saturated carbocycles. The van der Waals surface area contributed by atoms with Crippen molar-refractivity contribution < 1.29 is 9.21 Å². The minimum atomic E-state index is -0.272. The summed E-state index contributed by atoms with van der Waals surface area (Å²) in [7, 11) is 0. The summed E-state index contributed by atoms with van der Waals surface area (Å²) in [6.45, 7) is 3.63. The van der Waals surface area contributed by atoms with Crippen molar-refractivity contribution in [2.75, 3.05) is 5.32 Å². The Morgan fingerprint density at radius 2 is 2.33 bits per heavy atom. The first-order valence-corrected chi connectivity index (χ1v) is 5.10. The average molecular weight is 223 g/mol. The van der Waals surface area contributed by atoms with Crippen LogP contribution in [-0.4, -0.2) is 15.5 Å². The lowest BCUT2D eigenvalue weighted by molar-refractivity contribution is 0.0995. The third-order valence-corrected chi connectivity index (χ3v) is 2.43. The molecule has 5 nitrogen and oxygen atoms in total. The van der Waals surface area contributed by atoms with Gasteiger partial charge >= 0.3 is 0 Å². The van der Waals surface area contributed by atoms with Gasteiger partial charge in [0.25, 0.3) is 5.91 Å². The second-order valence-corrected chi connectivity index (χ2v) is 3.89. The van der Waals surface area contributed by atoms with Crippen molar-refractivity contribution in [1.82, 2.24) is 9.59 Å². The summed E-state index contributed by atoms with van der Waals surface area (Å²) < 4.78 is 8.92. The molecule has 0 aliphatic carbocycles. The van der Waals surface area contributed by atoms with Gasteiger partial charge in [0, 0.05) is 17.1 Å². The third kappa shape index (κ3) is 2.04. The number of hydrogen-bond acceptors (Lipinski definition) is 5. The average Bonchev–Trinajstić information content (AvgIpc) is 2.75. The largest absolute Gasteiger partial charge is 0.456 e. The fraction of sp³-hybridized carbons (Fsp3) is 0.222. The standard InChI is InChI=1S/C9H9N3O2S/c1-5-3-6(2)14-8(5)9(13)11-7-4-10-12-15-7/h3-4H,1-2H3,(H,11,13). The topological polar surface area (TPSA) is 68.0 Å². The normalized spacial score (nSPS) is 10.3. The summed E-state index contributed by atoms with van der Waals surface area (Å²) in [6.07, 6.45) is 1.49. The molecule has 0 saturated heterocycles. The minimum absolute atomic E-state index is 0.272. The fourth-order valence-corrected chi connectivity index (χ4v) is 1.67. The summed E-state index contributed by atoms with van der Waals surface area (Å²) in [4.78, 5) is 11.7. The molecule has 0 atom stereocenters. The molecule has 2 heterocycles. The molecule has 6 heteroatoms. The van der Waals surface area contributed by atoms with Crippen LogP contribution in [0.25, 0.3) is 0 Å². The van der Waals surface area contributed by atoms with Gasteiger partial charge in [0.05, 0.1) is 6.20 Å². The van der Waals surface area contributed by atoms with E-state index in [1.54, 1.807) is 6.92 Å². The molecule has 0 bridgehead atoms. The van der Waals surface area contributed by atoms with Gasteiger partial charge in [0.1, 0.15) is 10.8 Å². The first-order valence-electron chi connectivity index (χ1n) is 4.32. The Morgan fingerprint density at radius 3 is 2.87 bits per heavy atom. The minimum Gasteiger partial charge on any atom is -0.456 e. The Hall–Kier alpha value is -1.69. The Morgan fingerprint density at radius 1 is 1.53 bits per heavy atom. The lowest BCUT2D eigenvalue weighted by atomic mass is 10.2. The third-order valence-electron chi connectivity index (χ3n) is 1.85. The molecule has 0 unspecified atom stereocenters. The molecule has 0 spiro atoms. The number of carbonyl (C=O) groups is 1. The predicted molar refractivity (Wildman–Crippen MR) is 56.0 cm³/mol. The first kappa shape index (κ1) is 9.85. The number of rotatable bonds is 2. The van der Waals surface area contributed by atoms with Crippen molar-refractivity contribution in [2.45, 2.75) is 13.8 Å². The lowest BCUT2D eigenvalue weighted by Crippen LogP contribution is -2.10. The van der Waals surface area contributed by atoms with Gasteiger partial charge in [-0.1, -0.05) is 4.49 Å². The number of nitrogens with zero attached hydrogens (tertiary/aromatic N) is 2. The van der Waals surface area contributed by atoms with E-state index in [4.69, 9.17) is 4.42 Å². The fourth-order valence-electron chi connectivity index (χ4n) is 1.26. The van der Waals surface area contributed by atoms with Crippen molar-refractivity contribution in [3.63, 3.8) is 0 Å². The molecule has 2 aromatic rings. The number of aromatic nitrogens is 2. The van der Waals surface area contributed by atoms with Gasteiger partial charge in [0.2, 0.25) is 0 Å². The Labute approximate surface area is 90.3 Å². The number of anilines is 1. The van der Waals surface area contributed by atoms with E-state index in [-0.39, 0.29) is 5.91 Å². The molecule has 0 aliphatic heterocycles. The van der Waals surface area contributed by atoms with Crippen LogP contribution in [0.3, 0.4) is 0 Å². The van der Waals surface area contributed by atoms with Crippen LogP contribution in [0.1, 0.15) is 21.9 Å². The highest BCUT2D eigenvalue weighted by molar-refractivity contribution is 7.10. The molecule has 78 valence electrons. The molecule has 2 aromatic heterocycles. The number of aryl methyl sites for hydroxylation is 2. The zero-order valence-electron chi connectivity index (χ0n) is 8.27. The van der Waals surface area contributed by atoms with E-state index in [9.17, 15) is 4.79 Å². The number of furan rings is 1. The second-order valence-electron chi connectivity index (χ2n) is 3.11. The van der Waals surface area contributed by atoms with Gasteiger partial charge < -0.3 is 9.73 Å². The summed E-state index contributed by atoms with van der Waals surface area (Å²) in [6, 6.07) is 1.82. The monoisotopic (exact) mass is 223 g/mol. The lowest BCUT2D eigenvalue weighted by Gasteiger charge is -1.98. The molecule has 2 rings (SSSR count). The van der Waals surface area contributed by atoms with E-state index in [1.165, 1.54) is 6.20 Å². The van der Waals surface area contributed by atoms with Crippen LogP contribution in [0.2, 0.25) is 0 Å². The van der Waals surface area contributed by atoms with E-state index in [1.807, 2.05) is 13.0 Å². The molecule has 0 aromatic carbocycles. The van der Waals surface area contributed by atoms with Gasteiger partial charge in [-0.05, 0) is 19.9 Å². The van der Waals surface area contributed by atoms with E-state index in [2.05, 4.69) is 14.9 Å². The van der Waals surface area contributed by atoms with Crippen molar-refractivity contribution in [1.29, 1.82) is 0 Å². The zero-order chi connectivity index (χ0) is 10.8. The van der Waals surface area contributed by atoms with E-state index >= 15 is 0 Å². The smallest absolute Gasteiger partial charge is 0.292 e. The van der Waals surface area contributed by atoms with Crippen LogP contribution in [0.4, 0.5) is 5.00 Å². The SMILES string of the molecule is Cc1cc(C)c(C(=O)Nc2cnns2)o1. The molecule has 15 heavy (non-hydrogen) atoms. The molecular formula is C9H9N3O2S. The Bertz CT molecular complexity index is 476. The first-order chi connectivity index (χ1) is 7.16. The summed E-state index contributed by atoms with van der Waals surface area (Å²) in [5.74, 6) is 0.785. The van der Waals surface area contributed by atoms with Crippen LogP contribution in [0, 0.1) is 13.8 Å². The van der Waals surface area contributed by atoms with Crippen LogP contribution in [-0.2, 0) is 0 Å². The van der Waals surface area contributed by atoms with Crippen molar-refractivity contribution in [2.24, 2.45) is 0 Å². The Kier molecular flexibility index (Phi) is 2.51. The van der Waals surface area contributed by atoms with Crippen LogP contribution < -0.4 is 5.32 Å². The van der Waals surface area contributed by atoms with E-state index < -0.39 is 0 Å². The highest BCUT2D eigenvalue weighted by Crippen LogP contribution is 2.17. The molecule has 0 radical (unpaired) electrons. The van der Waals surface area contributed by atoms with Crippen molar-refractivity contribution >= 4 is 22.4 Å². The predicted octanol–water partition coefficient (Wildman–Crippen LogP) is 2.00. The number of carbonyl (C=O) groups excluding carboxylic acids is 1. The summed E-state index contributed by atoms with van der Waals surface area (Å²) in [5, 5.41) is 6.88. The highest BCUT2D eigenvalue weighted by Gasteiger charge is 2.15. The van der Waals surface area contributed by atoms with Crippen LogP contribution in [0.5, 0.6) is 0 Å². The van der Waals surface area contributed by atoms with Crippen molar-refractivity contribution in [3.05, 3.63) is 29.3 Å². The Balaban J connectivity index is 2.18. The molecule has 1 N–H and O–H groups in total. The maximum absolute atomic E-state index is 11.7. The van der Waals surface area contributed by atoms with Gasteiger partial charge in [-0.15, -0.1) is 5.10 Å². The van der Waals surface area contributed by atoms with Crippen LogP contribution >= 0.6 is 11.5 Å². The van der Waals surface area contributed by atoms with Gasteiger partial charge in [-0.25, -0.2) is 0 Å². The van der Waals surface area contributed by atoms with Gasteiger partial charge in [-0.2, -0.15) is 0 Å². The highest BCUT2D eigenvalue weighted by atomic mass is 32.1. The molecule has 0 aliphatic rings. The summed E-state index contributed by atoms with van der Waals surface area (Å²) in [5.41, 5.74) is 0.822. The molecular weight excluding hydrogens is 214 g/mol. The van der Waals surface area contributed by atoms with Crippen LogP contribution in [0.15, 0.2) is 16.7 Å². The maximum atomic E-state index is 11.7. The maximum Gasteiger partial charge on any atom is 0.292 e. The molecule has 1 amide bonds.